The zero-order valence-corrected chi connectivity index (χ0v) is 10.2. The number of aromatic nitrogens is 1. The topological polar surface area (TPSA) is 24.9 Å². The van der Waals surface area contributed by atoms with Gasteiger partial charge in [-0.15, -0.1) is 11.3 Å². The number of nitrogens with zero attached hydrogens (tertiary/aromatic N) is 1. The Morgan fingerprint density at radius 3 is 2.94 bits per heavy atom. The Bertz CT molecular complexity index is 511. The van der Waals surface area contributed by atoms with Gasteiger partial charge in [-0.3, -0.25) is 0 Å². The molecule has 0 unspecified atom stereocenters. The summed E-state index contributed by atoms with van der Waals surface area (Å²) in [7, 11) is 0. The van der Waals surface area contributed by atoms with E-state index in [4.69, 9.17) is 0 Å². The molecule has 1 N–H and O–H groups in total. The van der Waals surface area contributed by atoms with Crippen molar-refractivity contribution in [2.45, 2.75) is 13.5 Å². The highest BCUT2D eigenvalue weighted by Gasteiger charge is 2.10. The van der Waals surface area contributed by atoms with Crippen molar-refractivity contribution in [1.82, 2.24) is 10.3 Å². The van der Waals surface area contributed by atoms with Gasteiger partial charge in [-0.2, -0.15) is 0 Å². The molecule has 5 heteroatoms. The number of benzene rings is 1. The van der Waals surface area contributed by atoms with Gasteiger partial charge in [0, 0.05) is 23.2 Å². The average molecular weight is 254 g/mol. The highest BCUT2D eigenvalue weighted by Crippen LogP contribution is 2.27. The first-order chi connectivity index (χ1) is 8.20. The molecular weight excluding hydrogens is 242 g/mol. The van der Waals surface area contributed by atoms with Crippen LogP contribution in [0.5, 0.6) is 0 Å². The fourth-order valence-corrected chi connectivity index (χ4v) is 2.32. The predicted molar refractivity (Wildman–Crippen MR) is 64.8 cm³/mol. The van der Waals surface area contributed by atoms with Crippen LogP contribution in [0.2, 0.25) is 0 Å². The predicted octanol–water partition coefficient (Wildman–Crippen LogP) is 3.20. The fraction of sp³-hybridized carbons (Fsp3) is 0.250. The zero-order chi connectivity index (χ0) is 12.3. The molecule has 0 saturated carbocycles. The van der Waals surface area contributed by atoms with Gasteiger partial charge in [0.15, 0.2) is 0 Å². The van der Waals surface area contributed by atoms with Gasteiger partial charge in [0.1, 0.15) is 16.6 Å². The molecule has 0 fully saturated rings. The van der Waals surface area contributed by atoms with E-state index in [-0.39, 0.29) is 5.56 Å². The van der Waals surface area contributed by atoms with Crippen LogP contribution in [0.4, 0.5) is 8.78 Å². The molecule has 0 radical (unpaired) electrons. The first-order valence-electron chi connectivity index (χ1n) is 5.31. The minimum absolute atomic E-state index is 0.220. The van der Waals surface area contributed by atoms with E-state index in [1.807, 2.05) is 6.92 Å². The zero-order valence-electron chi connectivity index (χ0n) is 9.34. The Balaban J connectivity index is 2.27. The van der Waals surface area contributed by atoms with Crippen LogP contribution in [0.3, 0.4) is 0 Å². The first-order valence-corrected chi connectivity index (χ1v) is 6.13. The van der Waals surface area contributed by atoms with E-state index in [1.165, 1.54) is 17.4 Å². The number of nitrogens with one attached hydrogen (secondary N) is 1. The number of halogens is 2. The molecule has 1 aromatic carbocycles. The standard InChI is InChI=1S/C12H12F2N2S/c1-2-15-6-9-7-16-12(17-9)10-5-8(13)3-4-11(10)14/h3-5,7,15H,2,6H2,1H3. The van der Waals surface area contributed by atoms with Crippen LogP contribution in [0.25, 0.3) is 10.6 Å². The molecule has 1 heterocycles. The lowest BCUT2D eigenvalue weighted by Crippen LogP contribution is -2.10. The molecule has 2 aromatic rings. The average Bonchev–Trinajstić information content (AvgIpc) is 2.78. The maximum Gasteiger partial charge on any atom is 0.133 e. The molecule has 17 heavy (non-hydrogen) atoms. The van der Waals surface area contributed by atoms with Gasteiger partial charge < -0.3 is 5.32 Å². The summed E-state index contributed by atoms with van der Waals surface area (Å²) >= 11 is 1.37. The molecule has 2 rings (SSSR count). The van der Waals surface area contributed by atoms with Crippen molar-refractivity contribution in [3.8, 4) is 10.6 Å². The summed E-state index contributed by atoms with van der Waals surface area (Å²) in [6.07, 6.45) is 1.69. The number of rotatable bonds is 4. The summed E-state index contributed by atoms with van der Waals surface area (Å²) in [4.78, 5) is 5.12. The first kappa shape index (κ1) is 12.1. The number of thiazole rings is 1. The van der Waals surface area contributed by atoms with Crippen LogP contribution in [0.15, 0.2) is 24.4 Å². The second kappa shape index (κ2) is 5.33. The van der Waals surface area contributed by atoms with Crippen LogP contribution in [-0.2, 0) is 6.54 Å². The van der Waals surface area contributed by atoms with Gasteiger partial charge in [0.2, 0.25) is 0 Å². The minimum atomic E-state index is -0.454. The molecule has 1 aromatic heterocycles. The fourth-order valence-electron chi connectivity index (χ4n) is 1.42. The van der Waals surface area contributed by atoms with E-state index in [0.717, 1.165) is 23.6 Å². The van der Waals surface area contributed by atoms with E-state index < -0.39 is 11.6 Å². The molecule has 2 nitrogen and oxygen atoms in total. The third-order valence-electron chi connectivity index (χ3n) is 2.26. The highest BCUT2D eigenvalue weighted by atomic mass is 32.1. The summed E-state index contributed by atoms with van der Waals surface area (Å²) in [6.45, 7) is 3.57. The van der Waals surface area contributed by atoms with E-state index in [1.54, 1.807) is 6.20 Å². The summed E-state index contributed by atoms with van der Waals surface area (Å²) < 4.78 is 26.5. The molecule has 0 aliphatic carbocycles. The van der Waals surface area contributed by atoms with E-state index >= 15 is 0 Å². The summed E-state index contributed by atoms with van der Waals surface area (Å²) in [5.74, 6) is -0.902. The van der Waals surface area contributed by atoms with Crippen molar-refractivity contribution < 1.29 is 8.78 Å². The smallest absolute Gasteiger partial charge is 0.133 e. The molecule has 0 spiro atoms. The maximum atomic E-state index is 13.5. The Morgan fingerprint density at radius 2 is 2.18 bits per heavy atom. The quantitative estimate of drug-likeness (QED) is 0.906. The normalized spacial score (nSPS) is 10.8. The molecular formula is C12H12F2N2S. The van der Waals surface area contributed by atoms with Crippen LogP contribution in [-0.4, -0.2) is 11.5 Å². The van der Waals surface area contributed by atoms with Gasteiger partial charge in [-0.1, -0.05) is 6.92 Å². The lowest BCUT2D eigenvalue weighted by Gasteiger charge is -1.99. The van der Waals surface area contributed by atoms with Gasteiger partial charge >= 0.3 is 0 Å². The van der Waals surface area contributed by atoms with Crippen LogP contribution >= 0.6 is 11.3 Å². The van der Waals surface area contributed by atoms with E-state index in [0.29, 0.717) is 11.6 Å². The monoisotopic (exact) mass is 254 g/mol. The van der Waals surface area contributed by atoms with Gasteiger partial charge in [0.05, 0.1) is 0 Å². The third-order valence-corrected chi connectivity index (χ3v) is 3.29. The third kappa shape index (κ3) is 2.87. The van der Waals surface area contributed by atoms with Crippen molar-refractivity contribution >= 4 is 11.3 Å². The maximum absolute atomic E-state index is 13.5. The molecule has 0 saturated heterocycles. The summed E-state index contributed by atoms with van der Waals surface area (Å²) in [5, 5.41) is 3.67. The van der Waals surface area contributed by atoms with Gasteiger partial charge in [-0.05, 0) is 24.7 Å². The number of hydrogen-bond acceptors (Lipinski definition) is 3. The molecule has 0 atom stereocenters. The Kier molecular flexibility index (Phi) is 3.81. The summed E-state index contributed by atoms with van der Waals surface area (Å²) in [6, 6.07) is 3.40. The Morgan fingerprint density at radius 1 is 1.35 bits per heavy atom. The van der Waals surface area contributed by atoms with Crippen molar-refractivity contribution in [3.05, 3.63) is 40.9 Å². The van der Waals surface area contributed by atoms with Crippen molar-refractivity contribution in [3.63, 3.8) is 0 Å². The molecule has 0 aliphatic heterocycles. The van der Waals surface area contributed by atoms with E-state index in [9.17, 15) is 8.78 Å². The second-order valence-corrected chi connectivity index (χ2v) is 4.65. The van der Waals surface area contributed by atoms with Crippen molar-refractivity contribution in [1.29, 1.82) is 0 Å². The van der Waals surface area contributed by atoms with Crippen LogP contribution < -0.4 is 5.32 Å². The molecule has 0 bridgehead atoms. The van der Waals surface area contributed by atoms with Gasteiger partial charge in [0.25, 0.3) is 0 Å². The molecule has 90 valence electrons. The largest absolute Gasteiger partial charge is 0.312 e. The van der Waals surface area contributed by atoms with Crippen LogP contribution in [0.1, 0.15) is 11.8 Å². The van der Waals surface area contributed by atoms with Crippen LogP contribution in [0, 0.1) is 11.6 Å². The number of hydrogen-bond donors (Lipinski definition) is 1. The summed E-state index contributed by atoms with van der Waals surface area (Å²) in [5.41, 5.74) is 0.220. The SMILES string of the molecule is CCNCc1cnc(-c2cc(F)ccc2F)s1. The van der Waals surface area contributed by atoms with Gasteiger partial charge in [-0.25, -0.2) is 13.8 Å². The van der Waals surface area contributed by atoms with E-state index in [2.05, 4.69) is 10.3 Å². The second-order valence-electron chi connectivity index (χ2n) is 3.54. The van der Waals surface area contributed by atoms with Crippen molar-refractivity contribution in [2.24, 2.45) is 0 Å². The lowest BCUT2D eigenvalue weighted by atomic mass is 10.2. The molecule has 0 amide bonds. The highest BCUT2D eigenvalue weighted by molar-refractivity contribution is 7.15. The Hall–Kier alpha value is -1.33. The molecule has 0 aliphatic rings. The lowest BCUT2D eigenvalue weighted by molar-refractivity contribution is 0.603. The van der Waals surface area contributed by atoms with Crippen molar-refractivity contribution in [2.75, 3.05) is 6.54 Å². The minimum Gasteiger partial charge on any atom is -0.312 e. The Labute approximate surface area is 102 Å².